The zero-order valence-electron chi connectivity index (χ0n) is 13.9. The number of anilines is 1. The van der Waals surface area contributed by atoms with Crippen LogP contribution in [0.4, 0.5) is 5.69 Å². The molecule has 0 aromatic heterocycles. The van der Waals surface area contributed by atoms with Crippen molar-refractivity contribution in [1.29, 1.82) is 0 Å². The van der Waals surface area contributed by atoms with Crippen LogP contribution in [0.1, 0.15) is 38.7 Å². The quantitative estimate of drug-likeness (QED) is 0.804. The van der Waals surface area contributed by atoms with E-state index in [4.69, 9.17) is 4.18 Å². The monoisotopic (exact) mass is 347 g/mol. The molecule has 1 amide bonds. The predicted molar refractivity (Wildman–Crippen MR) is 93.7 cm³/mol. The van der Waals surface area contributed by atoms with E-state index >= 15 is 0 Å². The SMILES string of the molecule is CCC(=O)Nc1ccc(S(=O)(=O)Oc2cccc(C(C)C)c2)cc1. The van der Waals surface area contributed by atoms with Gasteiger partial charge in [-0.1, -0.05) is 32.9 Å². The zero-order chi connectivity index (χ0) is 17.7. The number of carbonyl (C=O) groups is 1. The fourth-order valence-corrected chi connectivity index (χ4v) is 2.98. The molecule has 2 rings (SSSR count). The molecule has 0 spiro atoms. The van der Waals surface area contributed by atoms with Crippen LogP contribution in [0.3, 0.4) is 0 Å². The maximum atomic E-state index is 12.4. The Kier molecular flexibility index (Phi) is 5.62. The van der Waals surface area contributed by atoms with E-state index < -0.39 is 10.1 Å². The van der Waals surface area contributed by atoms with Crippen LogP contribution in [-0.2, 0) is 14.9 Å². The Morgan fingerprint density at radius 1 is 1.12 bits per heavy atom. The summed E-state index contributed by atoms with van der Waals surface area (Å²) >= 11 is 0. The third-order valence-corrected chi connectivity index (χ3v) is 4.74. The van der Waals surface area contributed by atoms with Gasteiger partial charge in [-0.2, -0.15) is 8.42 Å². The molecule has 0 atom stereocenters. The average Bonchev–Trinajstić information content (AvgIpc) is 2.55. The number of carbonyl (C=O) groups excluding carboxylic acids is 1. The van der Waals surface area contributed by atoms with Gasteiger partial charge in [0.15, 0.2) is 0 Å². The van der Waals surface area contributed by atoms with E-state index in [1.54, 1.807) is 25.1 Å². The van der Waals surface area contributed by atoms with Gasteiger partial charge in [-0.15, -0.1) is 0 Å². The van der Waals surface area contributed by atoms with Crippen molar-refractivity contribution in [3.63, 3.8) is 0 Å². The van der Waals surface area contributed by atoms with E-state index in [1.165, 1.54) is 24.3 Å². The Labute approximate surface area is 142 Å². The molecule has 5 nitrogen and oxygen atoms in total. The van der Waals surface area contributed by atoms with Gasteiger partial charge < -0.3 is 9.50 Å². The first-order valence-electron chi connectivity index (χ1n) is 7.76. The van der Waals surface area contributed by atoms with Crippen LogP contribution < -0.4 is 9.50 Å². The van der Waals surface area contributed by atoms with Crippen molar-refractivity contribution >= 4 is 21.7 Å². The van der Waals surface area contributed by atoms with Gasteiger partial charge in [0.05, 0.1) is 0 Å². The molecular formula is C18H21NO4S. The molecular weight excluding hydrogens is 326 g/mol. The number of hydrogen-bond acceptors (Lipinski definition) is 4. The van der Waals surface area contributed by atoms with Gasteiger partial charge in [-0.05, 0) is 47.9 Å². The van der Waals surface area contributed by atoms with Crippen LogP contribution in [-0.4, -0.2) is 14.3 Å². The van der Waals surface area contributed by atoms with Gasteiger partial charge in [0.1, 0.15) is 10.6 Å². The van der Waals surface area contributed by atoms with Gasteiger partial charge >= 0.3 is 10.1 Å². The molecule has 1 N–H and O–H groups in total. The molecule has 6 heteroatoms. The van der Waals surface area contributed by atoms with Gasteiger partial charge in [-0.3, -0.25) is 4.79 Å². The fourth-order valence-electron chi connectivity index (χ4n) is 2.05. The molecule has 128 valence electrons. The standard InChI is InChI=1S/C18H21NO4S/c1-4-18(20)19-15-8-10-17(11-9-15)24(21,22)23-16-7-5-6-14(12-16)13(2)3/h5-13H,4H2,1-3H3,(H,19,20). The summed E-state index contributed by atoms with van der Waals surface area (Å²) in [6.07, 6.45) is 0.357. The van der Waals surface area contributed by atoms with Crippen LogP contribution in [0.15, 0.2) is 53.4 Å². The van der Waals surface area contributed by atoms with E-state index in [2.05, 4.69) is 5.32 Å². The van der Waals surface area contributed by atoms with E-state index in [0.717, 1.165) is 5.56 Å². The van der Waals surface area contributed by atoms with Gasteiger partial charge in [-0.25, -0.2) is 0 Å². The van der Waals surface area contributed by atoms with Crippen molar-refractivity contribution < 1.29 is 17.4 Å². The smallest absolute Gasteiger partial charge is 0.339 e. The van der Waals surface area contributed by atoms with Gasteiger partial charge in [0.25, 0.3) is 0 Å². The third kappa shape index (κ3) is 4.58. The van der Waals surface area contributed by atoms with Crippen LogP contribution in [0.5, 0.6) is 5.75 Å². The first-order chi connectivity index (χ1) is 11.3. The molecule has 0 saturated carbocycles. The fraction of sp³-hybridized carbons (Fsp3) is 0.278. The lowest BCUT2D eigenvalue weighted by molar-refractivity contribution is -0.115. The Hall–Kier alpha value is -2.34. The summed E-state index contributed by atoms with van der Waals surface area (Å²) in [5.41, 5.74) is 1.54. The summed E-state index contributed by atoms with van der Waals surface area (Å²) in [5.74, 6) is 0.426. The number of amides is 1. The second-order valence-electron chi connectivity index (χ2n) is 5.69. The normalized spacial score (nSPS) is 11.3. The van der Waals surface area contributed by atoms with Crippen LogP contribution in [0.2, 0.25) is 0 Å². The highest BCUT2D eigenvalue weighted by Crippen LogP contribution is 2.24. The Bertz CT molecular complexity index is 811. The van der Waals surface area contributed by atoms with Crippen LogP contribution >= 0.6 is 0 Å². The lowest BCUT2D eigenvalue weighted by Crippen LogP contribution is -2.11. The molecule has 0 bridgehead atoms. The number of nitrogens with one attached hydrogen (secondary N) is 1. The molecule has 0 saturated heterocycles. The molecule has 24 heavy (non-hydrogen) atoms. The molecule has 0 unspecified atom stereocenters. The maximum absolute atomic E-state index is 12.4. The van der Waals surface area contributed by atoms with E-state index in [9.17, 15) is 13.2 Å². The second-order valence-corrected chi connectivity index (χ2v) is 7.24. The molecule has 0 heterocycles. The summed E-state index contributed by atoms with van der Waals surface area (Å²) < 4.78 is 29.9. The minimum absolute atomic E-state index is 0.0342. The predicted octanol–water partition coefficient (Wildman–Crippen LogP) is 3.93. The summed E-state index contributed by atoms with van der Waals surface area (Å²) in [4.78, 5) is 11.4. The highest BCUT2D eigenvalue weighted by atomic mass is 32.2. The number of benzene rings is 2. The molecule has 2 aromatic rings. The summed E-state index contributed by atoms with van der Waals surface area (Å²) in [6, 6.07) is 12.9. The second kappa shape index (κ2) is 7.49. The lowest BCUT2D eigenvalue weighted by atomic mass is 10.0. The van der Waals surface area contributed by atoms with E-state index in [1.807, 2.05) is 19.9 Å². The minimum Gasteiger partial charge on any atom is -0.379 e. The highest BCUT2D eigenvalue weighted by molar-refractivity contribution is 7.87. The third-order valence-electron chi connectivity index (χ3n) is 3.48. The van der Waals surface area contributed by atoms with Crippen LogP contribution in [0.25, 0.3) is 0 Å². The summed E-state index contributed by atoms with van der Waals surface area (Å²) in [5, 5.41) is 2.67. The van der Waals surface area contributed by atoms with Gasteiger partial charge in [0, 0.05) is 12.1 Å². The molecule has 2 aromatic carbocycles. The van der Waals surface area contributed by atoms with Crippen molar-refractivity contribution in [3.05, 3.63) is 54.1 Å². The number of rotatable bonds is 6. The topological polar surface area (TPSA) is 72.5 Å². The molecule has 0 aliphatic carbocycles. The van der Waals surface area contributed by atoms with Crippen molar-refractivity contribution in [2.75, 3.05) is 5.32 Å². The first kappa shape index (κ1) is 18.0. The Morgan fingerprint density at radius 3 is 2.38 bits per heavy atom. The Balaban J connectivity index is 2.18. The van der Waals surface area contributed by atoms with Crippen molar-refractivity contribution in [1.82, 2.24) is 0 Å². The molecule has 0 fully saturated rings. The molecule has 0 radical (unpaired) electrons. The number of hydrogen-bond donors (Lipinski definition) is 1. The lowest BCUT2D eigenvalue weighted by Gasteiger charge is -2.10. The molecule has 0 aliphatic heterocycles. The minimum atomic E-state index is -3.92. The van der Waals surface area contributed by atoms with E-state index in [0.29, 0.717) is 12.1 Å². The maximum Gasteiger partial charge on any atom is 0.339 e. The highest BCUT2D eigenvalue weighted by Gasteiger charge is 2.17. The van der Waals surface area contributed by atoms with Crippen LogP contribution in [0, 0.1) is 0 Å². The van der Waals surface area contributed by atoms with Gasteiger partial charge in [0.2, 0.25) is 5.91 Å². The molecule has 0 aliphatic rings. The summed E-state index contributed by atoms with van der Waals surface area (Å²) in [6.45, 7) is 5.79. The summed E-state index contributed by atoms with van der Waals surface area (Å²) in [7, 11) is -3.92. The largest absolute Gasteiger partial charge is 0.379 e. The zero-order valence-corrected chi connectivity index (χ0v) is 14.8. The van der Waals surface area contributed by atoms with Crippen molar-refractivity contribution in [2.45, 2.75) is 38.0 Å². The Morgan fingerprint density at radius 2 is 1.79 bits per heavy atom. The van der Waals surface area contributed by atoms with E-state index in [-0.39, 0.29) is 22.5 Å². The van der Waals surface area contributed by atoms with Crippen molar-refractivity contribution in [3.8, 4) is 5.75 Å². The first-order valence-corrected chi connectivity index (χ1v) is 9.17. The average molecular weight is 347 g/mol. The van der Waals surface area contributed by atoms with Crippen molar-refractivity contribution in [2.24, 2.45) is 0 Å².